The van der Waals surface area contributed by atoms with Crippen molar-refractivity contribution in [2.75, 3.05) is 7.05 Å². The molecule has 4 heteroatoms. The number of hydrogen-bond donors (Lipinski definition) is 3. The van der Waals surface area contributed by atoms with Crippen molar-refractivity contribution in [3.8, 4) is 0 Å². The molecule has 1 aromatic carbocycles. The van der Waals surface area contributed by atoms with Crippen molar-refractivity contribution in [1.29, 1.82) is 0 Å². The third-order valence-corrected chi connectivity index (χ3v) is 6.65. The maximum atomic E-state index is 13.6. The fraction of sp³-hybridized carbons (Fsp3) is 0.720. The van der Waals surface area contributed by atoms with Gasteiger partial charge in [-0.25, -0.2) is 0 Å². The quantitative estimate of drug-likeness (QED) is 0.525. The van der Waals surface area contributed by atoms with Crippen LogP contribution in [0.2, 0.25) is 0 Å². The summed E-state index contributed by atoms with van der Waals surface area (Å²) in [4.78, 5) is 13.6. The summed E-state index contributed by atoms with van der Waals surface area (Å²) < 4.78 is 26.5. The number of carbonyl (C=O) groups is 1. The van der Waals surface area contributed by atoms with Crippen LogP contribution in [-0.2, 0) is 4.79 Å². The van der Waals surface area contributed by atoms with E-state index in [9.17, 15) is 6.17 Å². The normalized spacial score (nSPS) is 21.0. The molecule has 0 heterocycles. The van der Waals surface area contributed by atoms with Crippen LogP contribution >= 0.6 is 0 Å². The second kappa shape index (κ2) is 9.61. The summed E-state index contributed by atoms with van der Waals surface area (Å²) in [6.45, 7) is 16.9. The minimum absolute atomic E-state index is 0.0463. The Morgan fingerprint density at radius 1 is 1.17 bits per heavy atom. The smallest absolute Gasteiger partial charge is 0.238 e. The highest BCUT2D eigenvalue weighted by Gasteiger charge is 2.42. The lowest BCUT2D eigenvalue weighted by Gasteiger charge is -2.44. The monoisotopic (exact) mass is 406 g/mol. The van der Waals surface area contributed by atoms with E-state index in [4.69, 9.17) is 8.48 Å². The molecule has 2 unspecified atom stereocenters. The zero-order valence-corrected chi connectivity index (χ0v) is 20.2. The molecule has 1 aromatic rings. The Balaban J connectivity index is 3.43. The molecule has 1 rings (SSSR count). The van der Waals surface area contributed by atoms with Crippen LogP contribution in [0, 0.1) is 17.8 Å². The highest BCUT2D eigenvalue weighted by molar-refractivity contribution is 5.83. The maximum absolute atomic E-state index is 13.6. The molecule has 29 heavy (non-hydrogen) atoms. The second-order valence-corrected chi connectivity index (χ2v) is 9.97. The molecule has 4 nitrogen and oxygen atoms in total. The standard InChI is InChI=1S/C25H45N3O/c1-11-25(9,18(3)20-15-13-12-14-17(20)2)28-22(29)21(27-10)24(7,8)16-23(5,6)19(4)26/h12-15,18-19,21,27H,11,16,26H2,1-10H3,(H,28,29)/t18?,19?,21-,25+/m1/s1/i11D2,18D. The van der Waals surface area contributed by atoms with Gasteiger partial charge in [0.1, 0.15) is 0 Å². The molecule has 0 radical (unpaired) electrons. The highest BCUT2D eigenvalue weighted by atomic mass is 16.2. The van der Waals surface area contributed by atoms with Crippen LogP contribution in [0.5, 0.6) is 0 Å². The number of amides is 1. The summed E-state index contributed by atoms with van der Waals surface area (Å²) in [6, 6.07) is 6.85. The number of hydrogen-bond acceptors (Lipinski definition) is 3. The predicted octanol–water partition coefficient (Wildman–Crippen LogP) is 4.76. The van der Waals surface area contributed by atoms with Gasteiger partial charge in [-0.3, -0.25) is 4.79 Å². The van der Waals surface area contributed by atoms with Crippen LogP contribution < -0.4 is 16.4 Å². The van der Waals surface area contributed by atoms with E-state index in [1.54, 1.807) is 20.9 Å². The molecule has 0 saturated heterocycles. The van der Waals surface area contributed by atoms with E-state index in [0.717, 1.165) is 5.56 Å². The van der Waals surface area contributed by atoms with Gasteiger partial charge in [-0.05, 0) is 62.6 Å². The maximum Gasteiger partial charge on any atom is 0.238 e. The number of rotatable bonds is 10. The van der Waals surface area contributed by atoms with Gasteiger partial charge in [-0.15, -0.1) is 0 Å². The Labute approximate surface area is 183 Å². The molecule has 0 aliphatic carbocycles. The molecule has 0 aliphatic rings. The summed E-state index contributed by atoms with van der Waals surface area (Å²) in [5, 5.41) is 6.12. The van der Waals surface area contributed by atoms with Gasteiger partial charge in [-0.2, -0.15) is 0 Å². The first-order valence-electron chi connectivity index (χ1n) is 12.1. The Hall–Kier alpha value is -1.39. The number of aryl methyl sites for hydroxylation is 1. The van der Waals surface area contributed by atoms with Gasteiger partial charge in [-0.1, -0.05) is 65.8 Å². The zero-order chi connectivity index (χ0) is 25.3. The molecular weight excluding hydrogens is 358 g/mol. The lowest BCUT2D eigenvalue weighted by molar-refractivity contribution is -0.128. The fourth-order valence-corrected chi connectivity index (χ4v) is 4.24. The van der Waals surface area contributed by atoms with Gasteiger partial charge in [0.05, 0.1) is 6.04 Å². The first-order valence-corrected chi connectivity index (χ1v) is 10.6. The summed E-state index contributed by atoms with van der Waals surface area (Å²) in [6.07, 6.45) is -1.17. The van der Waals surface area contributed by atoms with Gasteiger partial charge >= 0.3 is 0 Å². The van der Waals surface area contributed by atoms with Crippen LogP contribution in [0.15, 0.2) is 24.3 Å². The van der Waals surface area contributed by atoms with Crippen LogP contribution in [-0.4, -0.2) is 30.6 Å². The van der Waals surface area contributed by atoms with E-state index in [1.807, 2.05) is 52.0 Å². The Bertz CT molecular complexity index is 800. The predicted molar refractivity (Wildman–Crippen MR) is 125 cm³/mol. The van der Waals surface area contributed by atoms with Crippen molar-refractivity contribution >= 4 is 5.91 Å². The lowest BCUT2D eigenvalue weighted by atomic mass is 9.68. The number of nitrogens with two attached hydrogens (primary N) is 1. The highest BCUT2D eigenvalue weighted by Crippen LogP contribution is 2.39. The number of likely N-dealkylation sites (N-methyl/N-ethyl adjacent to an activating group) is 1. The van der Waals surface area contributed by atoms with Crippen molar-refractivity contribution in [1.82, 2.24) is 10.6 Å². The molecular formula is C25H45N3O. The molecule has 0 aliphatic heterocycles. The van der Waals surface area contributed by atoms with E-state index in [-0.39, 0.29) is 17.4 Å². The zero-order valence-electron chi connectivity index (χ0n) is 23.2. The average Bonchev–Trinajstić information content (AvgIpc) is 2.59. The van der Waals surface area contributed by atoms with Gasteiger partial charge in [0.2, 0.25) is 5.91 Å². The summed E-state index contributed by atoms with van der Waals surface area (Å²) in [5.74, 6) is -1.74. The van der Waals surface area contributed by atoms with Crippen molar-refractivity contribution < 1.29 is 8.91 Å². The third-order valence-electron chi connectivity index (χ3n) is 6.65. The van der Waals surface area contributed by atoms with Gasteiger partial charge < -0.3 is 16.4 Å². The minimum Gasteiger partial charge on any atom is -0.349 e. The van der Waals surface area contributed by atoms with Gasteiger partial charge in [0.25, 0.3) is 0 Å². The van der Waals surface area contributed by atoms with Gasteiger partial charge in [0.15, 0.2) is 0 Å². The summed E-state index contributed by atoms with van der Waals surface area (Å²) in [7, 11) is 1.74. The molecule has 1 amide bonds. The molecule has 0 saturated carbocycles. The molecule has 166 valence electrons. The molecule has 0 bridgehead atoms. The number of benzene rings is 1. The molecule has 0 fully saturated rings. The van der Waals surface area contributed by atoms with Crippen LogP contribution in [0.4, 0.5) is 0 Å². The first kappa shape index (κ1) is 20.9. The fourth-order valence-electron chi connectivity index (χ4n) is 4.24. The second-order valence-electron chi connectivity index (χ2n) is 9.97. The van der Waals surface area contributed by atoms with Crippen molar-refractivity contribution in [2.24, 2.45) is 16.6 Å². The van der Waals surface area contributed by atoms with E-state index >= 15 is 0 Å². The van der Waals surface area contributed by atoms with Crippen LogP contribution in [0.3, 0.4) is 0 Å². The van der Waals surface area contributed by atoms with Crippen LogP contribution in [0.1, 0.15) is 89.3 Å². The Morgan fingerprint density at radius 3 is 2.17 bits per heavy atom. The van der Waals surface area contributed by atoms with Crippen molar-refractivity contribution in [2.45, 2.75) is 98.6 Å². The summed E-state index contributed by atoms with van der Waals surface area (Å²) >= 11 is 0. The van der Waals surface area contributed by atoms with Crippen molar-refractivity contribution in [3.63, 3.8) is 0 Å². The number of carbonyl (C=O) groups excluding carboxylic acids is 1. The van der Waals surface area contributed by atoms with Crippen LogP contribution in [0.25, 0.3) is 0 Å². The average molecular weight is 407 g/mol. The van der Waals surface area contributed by atoms with E-state index in [1.165, 1.54) is 6.92 Å². The van der Waals surface area contributed by atoms with E-state index < -0.39 is 29.3 Å². The molecule has 4 N–H and O–H groups in total. The summed E-state index contributed by atoms with van der Waals surface area (Å²) in [5.41, 5.74) is 5.63. The lowest BCUT2D eigenvalue weighted by Crippen LogP contribution is -2.59. The molecule has 0 spiro atoms. The Morgan fingerprint density at radius 2 is 1.72 bits per heavy atom. The third kappa shape index (κ3) is 6.05. The van der Waals surface area contributed by atoms with E-state index in [2.05, 4.69) is 24.5 Å². The Kier molecular flexibility index (Phi) is 6.92. The van der Waals surface area contributed by atoms with Crippen molar-refractivity contribution in [3.05, 3.63) is 35.4 Å². The minimum atomic E-state index is -1.87. The molecule has 4 atom stereocenters. The van der Waals surface area contributed by atoms with Gasteiger partial charge in [0, 0.05) is 21.6 Å². The largest absolute Gasteiger partial charge is 0.349 e. The molecule has 0 aromatic heterocycles. The first-order chi connectivity index (χ1) is 14.2. The number of nitrogens with one attached hydrogen (secondary N) is 2. The SMILES string of the molecule is [2H]C([2H])(C)[C@](C)(NC(=O)[C@@H](NC)C(C)(C)CC(C)(C)C(C)N)C([2H])(C)c1ccccc1C. The topological polar surface area (TPSA) is 67.2 Å². The van der Waals surface area contributed by atoms with E-state index in [0.29, 0.717) is 12.0 Å².